The first-order chi connectivity index (χ1) is 24.0. The van der Waals surface area contributed by atoms with Crippen molar-refractivity contribution in [2.45, 2.75) is 39.5 Å². The lowest BCUT2D eigenvalue weighted by Crippen LogP contribution is -2.27. The Hall–Kier alpha value is -5.85. The molecular weight excluding hydrogens is 595 g/mol. The summed E-state index contributed by atoms with van der Waals surface area (Å²) in [5, 5.41) is 2.35. The molecule has 1 aromatic heterocycles. The van der Waals surface area contributed by atoms with E-state index in [1.165, 1.54) is 38.6 Å². The van der Waals surface area contributed by atoms with E-state index in [0.717, 1.165) is 53.5 Å². The van der Waals surface area contributed by atoms with Gasteiger partial charge >= 0.3 is 0 Å². The molecular formula is C46H37N3. The first-order valence-electron chi connectivity index (χ1n) is 17.1. The molecule has 0 amide bonds. The Morgan fingerprint density at radius 1 is 0.776 bits per heavy atom. The number of nitrogens with zero attached hydrogens (tertiary/aromatic N) is 3. The van der Waals surface area contributed by atoms with Gasteiger partial charge in [-0.25, -0.2) is 15.0 Å². The van der Waals surface area contributed by atoms with Crippen molar-refractivity contribution in [3.8, 4) is 34.2 Å². The summed E-state index contributed by atoms with van der Waals surface area (Å²) in [4.78, 5) is 15.3. The Bertz CT molecular complexity index is 2250. The zero-order chi connectivity index (χ0) is 33.4. The smallest absolute Gasteiger partial charge is 0.164 e. The summed E-state index contributed by atoms with van der Waals surface area (Å²) in [6.45, 7) is 8.69. The maximum absolute atomic E-state index is 5.15. The Balaban J connectivity index is 1.34. The van der Waals surface area contributed by atoms with Crippen LogP contribution in [0.4, 0.5) is 0 Å². The summed E-state index contributed by atoms with van der Waals surface area (Å²) in [5.41, 5.74) is 11.7. The van der Waals surface area contributed by atoms with Gasteiger partial charge in [0.2, 0.25) is 0 Å². The Morgan fingerprint density at radius 2 is 1.45 bits per heavy atom. The van der Waals surface area contributed by atoms with E-state index in [-0.39, 0.29) is 5.41 Å². The van der Waals surface area contributed by atoms with Gasteiger partial charge in [0.1, 0.15) is 0 Å². The fourth-order valence-electron chi connectivity index (χ4n) is 7.51. The maximum atomic E-state index is 5.15. The highest BCUT2D eigenvalue weighted by molar-refractivity contribution is 6.05. The van der Waals surface area contributed by atoms with Crippen LogP contribution in [0.5, 0.6) is 0 Å². The number of fused-ring (bicyclic) bond motifs is 4. The van der Waals surface area contributed by atoms with Crippen molar-refractivity contribution >= 4 is 27.5 Å². The van der Waals surface area contributed by atoms with Crippen LogP contribution in [-0.4, -0.2) is 15.0 Å². The van der Waals surface area contributed by atoms with Crippen molar-refractivity contribution in [3.63, 3.8) is 0 Å². The molecule has 0 spiro atoms. The first kappa shape index (κ1) is 30.5. The van der Waals surface area contributed by atoms with Crippen molar-refractivity contribution in [2.75, 3.05) is 0 Å². The van der Waals surface area contributed by atoms with Gasteiger partial charge in [-0.15, -0.1) is 6.58 Å². The zero-order valence-corrected chi connectivity index (χ0v) is 28.0. The predicted octanol–water partition coefficient (Wildman–Crippen LogP) is 11.6. The lowest BCUT2D eigenvalue weighted by Gasteiger charge is -2.42. The van der Waals surface area contributed by atoms with Crippen molar-refractivity contribution in [1.29, 1.82) is 0 Å². The van der Waals surface area contributed by atoms with Gasteiger partial charge in [-0.2, -0.15) is 0 Å². The third kappa shape index (κ3) is 5.40. The highest BCUT2D eigenvalue weighted by atomic mass is 15.0. The van der Waals surface area contributed by atoms with Crippen LogP contribution in [0.3, 0.4) is 0 Å². The van der Waals surface area contributed by atoms with E-state index in [1.54, 1.807) is 0 Å². The molecule has 3 nitrogen and oxygen atoms in total. The Morgan fingerprint density at radius 3 is 2.16 bits per heavy atom. The molecule has 0 saturated carbocycles. The van der Waals surface area contributed by atoms with Crippen LogP contribution >= 0.6 is 0 Å². The normalized spacial score (nSPS) is 16.7. The second-order valence-electron chi connectivity index (χ2n) is 13.2. The molecule has 8 rings (SSSR count). The molecule has 0 aliphatic heterocycles. The van der Waals surface area contributed by atoms with Crippen LogP contribution in [0, 0.1) is 17.5 Å². The maximum Gasteiger partial charge on any atom is 0.164 e. The number of unbranched alkanes of at least 4 members (excludes halogenated alkanes) is 1. The van der Waals surface area contributed by atoms with E-state index in [9.17, 15) is 0 Å². The molecule has 1 atom stereocenters. The van der Waals surface area contributed by atoms with Crippen LogP contribution in [0.2, 0.25) is 0 Å². The van der Waals surface area contributed by atoms with Gasteiger partial charge in [-0.3, -0.25) is 0 Å². The monoisotopic (exact) mass is 631 g/mol. The van der Waals surface area contributed by atoms with Crippen molar-refractivity contribution in [2.24, 2.45) is 5.41 Å². The summed E-state index contributed by atoms with van der Waals surface area (Å²) >= 11 is 0. The minimum absolute atomic E-state index is 0.134. The Labute approximate surface area is 289 Å². The quantitative estimate of drug-likeness (QED) is 0.124. The standard InChI is InChI=1S/C46H37N3/c1-4-5-8-22-36-31(2)46(3)29-28-35(30-41(46)39-25-16-15-24-38(36)39)42-37-23-14-13-17-32(37)26-27-40(42)45-48-43(33-18-9-6-10-19-33)47-44(49-45)34-20-11-7-12-21-34/h4,6-7,9-15,17-21,23-24,26-28,30H,1,5,8,22,29H2,2-3H3. The second kappa shape index (κ2) is 12.6. The van der Waals surface area contributed by atoms with Gasteiger partial charge in [0.15, 0.2) is 17.5 Å². The lowest BCUT2D eigenvalue weighted by atomic mass is 9.61. The van der Waals surface area contributed by atoms with Crippen LogP contribution in [0.15, 0.2) is 140 Å². The van der Waals surface area contributed by atoms with E-state index >= 15 is 0 Å². The summed E-state index contributed by atoms with van der Waals surface area (Å²) in [5.74, 6) is 1.97. The molecule has 49 heavy (non-hydrogen) atoms. The molecule has 2 aliphatic rings. The molecule has 0 saturated heterocycles. The molecule has 6 aromatic rings. The largest absolute Gasteiger partial charge is 0.208 e. The molecule has 1 unspecified atom stereocenters. The third-order valence-electron chi connectivity index (χ3n) is 10.3. The molecule has 3 heteroatoms. The van der Waals surface area contributed by atoms with Crippen molar-refractivity contribution in [3.05, 3.63) is 168 Å². The summed E-state index contributed by atoms with van der Waals surface area (Å²) in [6, 6.07) is 44.4. The van der Waals surface area contributed by atoms with Gasteiger partial charge in [0.25, 0.3) is 0 Å². The topological polar surface area (TPSA) is 38.7 Å². The number of hydrogen-bond donors (Lipinski definition) is 0. The van der Waals surface area contributed by atoms with Crippen LogP contribution in [-0.2, 0) is 0 Å². The average Bonchev–Trinajstić information content (AvgIpc) is 3.16. The number of allylic oxidation sites excluding steroid dienone is 7. The van der Waals surface area contributed by atoms with Gasteiger partial charge in [0.05, 0.1) is 0 Å². The molecule has 0 fully saturated rings. The SMILES string of the molecule is C=CCCCC1=C(C)C2(C)CC=C(c3c(-c4nc(-c5ccccc5)nc(-c5ccccc5)n4)ccc4ccccc34)C=C2c2c#cccc21. The molecule has 0 N–H and O–H groups in total. The van der Waals surface area contributed by atoms with Crippen molar-refractivity contribution in [1.82, 2.24) is 15.0 Å². The van der Waals surface area contributed by atoms with Gasteiger partial charge in [-0.1, -0.05) is 128 Å². The first-order valence-corrected chi connectivity index (χ1v) is 17.1. The molecule has 0 bridgehead atoms. The number of benzene rings is 4. The fourth-order valence-corrected chi connectivity index (χ4v) is 7.51. The van der Waals surface area contributed by atoms with Gasteiger partial charge in [-0.05, 0) is 89.9 Å². The Kier molecular flexibility index (Phi) is 7.86. The highest BCUT2D eigenvalue weighted by Crippen LogP contribution is 2.56. The minimum Gasteiger partial charge on any atom is -0.208 e. The highest BCUT2D eigenvalue weighted by Gasteiger charge is 2.40. The van der Waals surface area contributed by atoms with E-state index in [4.69, 9.17) is 15.0 Å². The fraction of sp³-hybridized carbons (Fsp3) is 0.152. The van der Waals surface area contributed by atoms with E-state index in [1.807, 2.05) is 48.5 Å². The minimum atomic E-state index is -0.134. The zero-order valence-electron chi connectivity index (χ0n) is 28.0. The van der Waals surface area contributed by atoms with E-state index in [0.29, 0.717) is 17.5 Å². The average molecular weight is 632 g/mol. The summed E-state index contributed by atoms with van der Waals surface area (Å²) in [7, 11) is 0. The van der Waals surface area contributed by atoms with Gasteiger partial charge < -0.3 is 0 Å². The number of aromatic nitrogens is 3. The van der Waals surface area contributed by atoms with Crippen molar-refractivity contribution < 1.29 is 0 Å². The van der Waals surface area contributed by atoms with Crippen LogP contribution in [0.1, 0.15) is 56.2 Å². The van der Waals surface area contributed by atoms with Gasteiger partial charge in [0, 0.05) is 33.2 Å². The van der Waals surface area contributed by atoms with E-state index in [2.05, 4.69) is 111 Å². The molecule has 2 aliphatic carbocycles. The van der Waals surface area contributed by atoms with E-state index < -0.39 is 0 Å². The number of hydrogen-bond acceptors (Lipinski definition) is 3. The van der Waals surface area contributed by atoms with Crippen LogP contribution < -0.4 is 0 Å². The second-order valence-corrected chi connectivity index (χ2v) is 13.2. The van der Waals surface area contributed by atoms with Crippen LogP contribution in [0.25, 0.3) is 61.7 Å². The lowest BCUT2D eigenvalue weighted by molar-refractivity contribution is 0.535. The number of rotatable bonds is 8. The molecule has 236 valence electrons. The third-order valence-corrected chi connectivity index (χ3v) is 10.3. The molecule has 1 heterocycles. The molecule has 5 aromatic carbocycles. The molecule has 0 radical (unpaired) electrons. The summed E-state index contributed by atoms with van der Waals surface area (Å²) < 4.78 is 0. The predicted molar refractivity (Wildman–Crippen MR) is 203 cm³/mol. The summed E-state index contributed by atoms with van der Waals surface area (Å²) in [6.07, 6.45) is 10.9.